The number of hydrogen-bond acceptors (Lipinski definition) is 4. The third-order valence-corrected chi connectivity index (χ3v) is 2.20. The van der Waals surface area contributed by atoms with Gasteiger partial charge in [0.15, 0.2) is 0 Å². The molecular weight excluding hydrogens is 156 g/mol. The smallest absolute Gasteiger partial charge is 0.303 e. The molecule has 12 heavy (non-hydrogen) atoms. The molecule has 1 aliphatic heterocycles. The lowest BCUT2D eigenvalue weighted by Crippen LogP contribution is -2.37. The zero-order valence-corrected chi connectivity index (χ0v) is 7.45. The van der Waals surface area contributed by atoms with Gasteiger partial charge in [0.25, 0.3) is 0 Å². The molecule has 0 bridgehead atoms. The Bertz CT molecular complexity index is 161. The van der Waals surface area contributed by atoms with Crippen LogP contribution in [0.15, 0.2) is 0 Å². The molecule has 1 aliphatic rings. The molecule has 4 nitrogen and oxygen atoms in total. The normalized spacial score (nSPS) is 24.3. The van der Waals surface area contributed by atoms with Gasteiger partial charge in [0, 0.05) is 26.1 Å². The van der Waals surface area contributed by atoms with Crippen LogP contribution in [0, 0.1) is 0 Å². The van der Waals surface area contributed by atoms with Crippen LogP contribution < -0.4 is 5.73 Å². The van der Waals surface area contributed by atoms with Crippen LogP contribution in [-0.4, -0.2) is 36.7 Å². The van der Waals surface area contributed by atoms with E-state index in [1.54, 1.807) is 0 Å². The van der Waals surface area contributed by atoms with Gasteiger partial charge in [-0.1, -0.05) is 0 Å². The Hall–Kier alpha value is -0.610. The van der Waals surface area contributed by atoms with E-state index in [0.717, 1.165) is 19.4 Å². The van der Waals surface area contributed by atoms with Crippen molar-refractivity contribution in [2.75, 3.05) is 19.8 Å². The summed E-state index contributed by atoms with van der Waals surface area (Å²) in [6, 6.07) is 0.407. The maximum Gasteiger partial charge on any atom is 0.303 e. The van der Waals surface area contributed by atoms with E-state index in [2.05, 4.69) is 4.90 Å². The number of esters is 1. The second-order valence-electron chi connectivity index (χ2n) is 3.11. The van der Waals surface area contributed by atoms with Crippen molar-refractivity contribution in [2.24, 2.45) is 5.73 Å². The van der Waals surface area contributed by atoms with Gasteiger partial charge in [0.05, 0.1) is 0 Å². The average molecular weight is 172 g/mol. The molecule has 2 N–H and O–H groups in total. The first-order chi connectivity index (χ1) is 5.74. The second-order valence-corrected chi connectivity index (χ2v) is 3.11. The van der Waals surface area contributed by atoms with E-state index in [-0.39, 0.29) is 5.97 Å². The minimum Gasteiger partial charge on any atom is -0.450 e. The Morgan fingerprint density at radius 1 is 1.75 bits per heavy atom. The Balaban J connectivity index is 2.26. The predicted octanol–water partition coefficient (Wildman–Crippen LogP) is -0.0699. The molecule has 1 rings (SSSR count). The maximum atomic E-state index is 10.5. The Kier molecular flexibility index (Phi) is 3.49. The van der Waals surface area contributed by atoms with Gasteiger partial charge in [-0.25, -0.2) is 0 Å². The molecule has 1 atom stereocenters. The van der Waals surface area contributed by atoms with Crippen molar-refractivity contribution in [1.82, 2.24) is 4.90 Å². The standard InChI is InChI=1S/C8H16N2O2/c1-7(11)12-6-10-4-2-3-8(10)5-9/h8H,2-6,9H2,1H3. The van der Waals surface area contributed by atoms with E-state index in [1.807, 2.05) is 0 Å². The van der Waals surface area contributed by atoms with Crippen LogP contribution in [0.4, 0.5) is 0 Å². The van der Waals surface area contributed by atoms with Crippen LogP contribution in [0.3, 0.4) is 0 Å². The molecular formula is C8H16N2O2. The molecule has 0 aliphatic carbocycles. The summed E-state index contributed by atoms with van der Waals surface area (Å²) in [5.74, 6) is -0.224. The van der Waals surface area contributed by atoms with E-state index in [4.69, 9.17) is 10.5 Å². The number of nitrogens with two attached hydrogens (primary N) is 1. The molecule has 70 valence electrons. The molecule has 1 saturated heterocycles. The number of likely N-dealkylation sites (tertiary alicyclic amines) is 1. The fourth-order valence-corrected chi connectivity index (χ4v) is 1.51. The number of hydrogen-bond donors (Lipinski definition) is 1. The highest BCUT2D eigenvalue weighted by molar-refractivity contribution is 5.65. The first-order valence-corrected chi connectivity index (χ1v) is 4.31. The summed E-state index contributed by atoms with van der Waals surface area (Å²) >= 11 is 0. The number of carbonyl (C=O) groups is 1. The number of rotatable bonds is 3. The third-order valence-electron chi connectivity index (χ3n) is 2.20. The predicted molar refractivity (Wildman–Crippen MR) is 45.4 cm³/mol. The summed E-state index contributed by atoms with van der Waals surface area (Å²) in [6.45, 7) is 3.47. The Labute approximate surface area is 72.7 Å². The Morgan fingerprint density at radius 3 is 3.08 bits per heavy atom. The first kappa shape index (κ1) is 9.48. The molecule has 1 fully saturated rings. The molecule has 0 aromatic rings. The first-order valence-electron chi connectivity index (χ1n) is 4.31. The van der Waals surface area contributed by atoms with Crippen molar-refractivity contribution in [2.45, 2.75) is 25.8 Å². The van der Waals surface area contributed by atoms with Crippen LogP contribution in [0.25, 0.3) is 0 Å². The van der Waals surface area contributed by atoms with E-state index in [1.165, 1.54) is 6.92 Å². The number of nitrogens with zero attached hydrogens (tertiary/aromatic N) is 1. The van der Waals surface area contributed by atoms with E-state index >= 15 is 0 Å². The largest absolute Gasteiger partial charge is 0.450 e. The lowest BCUT2D eigenvalue weighted by molar-refractivity contribution is -0.146. The summed E-state index contributed by atoms with van der Waals surface area (Å²) in [5, 5.41) is 0. The molecule has 0 saturated carbocycles. The van der Waals surface area contributed by atoms with Gasteiger partial charge in [-0.05, 0) is 12.8 Å². The zero-order chi connectivity index (χ0) is 8.97. The highest BCUT2D eigenvalue weighted by Gasteiger charge is 2.23. The molecule has 4 heteroatoms. The lowest BCUT2D eigenvalue weighted by Gasteiger charge is -2.21. The van der Waals surface area contributed by atoms with Gasteiger partial charge in [0.2, 0.25) is 0 Å². The summed E-state index contributed by atoms with van der Waals surface area (Å²) in [6.07, 6.45) is 2.28. The fraction of sp³-hybridized carbons (Fsp3) is 0.875. The quantitative estimate of drug-likeness (QED) is 0.605. The SMILES string of the molecule is CC(=O)OCN1CCCC1CN. The van der Waals surface area contributed by atoms with Crippen molar-refractivity contribution >= 4 is 5.97 Å². The summed E-state index contributed by atoms with van der Waals surface area (Å²) < 4.78 is 4.89. The minimum atomic E-state index is -0.224. The van der Waals surface area contributed by atoms with Crippen molar-refractivity contribution in [3.8, 4) is 0 Å². The van der Waals surface area contributed by atoms with Gasteiger partial charge in [-0.3, -0.25) is 9.69 Å². The molecule has 0 aromatic heterocycles. The fourth-order valence-electron chi connectivity index (χ4n) is 1.51. The molecule has 0 spiro atoms. The monoisotopic (exact) mass is 172 g/mol. The zero-order valence-electron chi connectivity index (χ0n) is 7.45. The molecule has 0 radical (unpaired) electrons. The molecule has 0 aromatic carbocycles. The third kappa shape index (κ3) is 2.46. The van der Waals surface area contributed by atoms with Crippen LogP contribution in [0.1, 0.15) is 19.8 Å². The Morgan fingerprint density at radius 2 is 2.50 bits per heavy atom. The van der Waals surface area contributed by atoms with Crippen LogP contribution in [-0.2, 0) is 9.53 Å². The van der Waals surface area contributed by atoms with Gasteiger partial charge < -0.3 is 10.5 Å². The highest BCUT2D eigenvalue weighted by atomic mass is 16.5. The summed E-state index contributed by atoms with van der Waals surface area (Å²) in [4.78, 5) is 12.6. The van der Waals surface area contributed by atoms with Crippen LogP contribution in [0.2, 0.25) is 0 Å². The lowest BCUT2D eigenvalue weighted by atomic mass is 10.2. The van der Waals surface area contributed by atoms with Crippen LogP contribution >= 0.6 is 0 Å². The van der Waals surface area contributed by atoms with Crippen LogP contribution in [0.5, 0.6) is 0 Å². The minimum absolute atomic E-state index is 0.224. The number of carbonyl (C=O) groups excluding carboxylic acids is 1. The second kappa shape index (κ2) is 4.42. The van der Waals surface area contributed by atoms with Gasteiger partial charge in [-0.2, -0.15) is 0 Å². The highest BCUT2D eigenvalue weighted by Crippen LogP contribution is 2.15. The van der Waals surface area contributed by atoms with Gasteiger partial charge in [0.1, 0.15) is 6.73 Å². The van der Waals surface area contributed by atoms with Crippen molar-refractivity contribution in [3.63, 3.8) is 0 Å². The van der Waals surface area contributed by atoms with E-state index in [9.17, 15) is 4.79 Å². The maximum absolute atomic E-state index is 10.5. The van der Waals surface area contributed by atoms with Gasteiger partial charge >= 0.3 is 5.97 Å². The summed E-state index contributed by atoms with van der Waals surface area (Å²) in [5.41, 5.74) is 5.55. The van der Waals surface area contributed by atoms with E-state index < -0.39 is 0 Å². The van der Waals surface area contributed by atoms with Crippen molar-refractivity contribution in [3.05, 3.63) is 0 Å². The molecule has 1 heterocycles. The molecule has 0 amide bonds. The summed E-state index contributed by atoms with van der Waals surface area (Å²) in [7, 11) is 0. The number of ether oxygens (including phenoxy) is 1. The topological polar surface area (TPSA) is 55.6 Å². The van der Waals surface area contributed by atoms with Gasteiger partial charge in [-0.15, -0.1) is 0 Å². The van der Waals surface area contributed by atoms with Crippen molar-refractivity contribution < 1.29 is 9.53 Å². The van der Waals surface area contributed by atoms with E-state index in [0.29, 0.717) is 19.3 Å². The average Bonchev–Trinajstić information content (AvgIpc) is 2.47. The van der Waals surface area contributed by atoms with Crippen molar-refractivity contribution in [1.29, 1.82) is 0 Å². The molecule has 1 unspecified atom stereocenters.